The third-order valence-electron chi connectivity index (χ3n) is 3.88. The maximum Gasteiger partial charge on any atom is 0.315 e. The maximum absolute atomic E-state index is 12.1. The van der Waals surface area contributed by atoms with Gasteiger partial charge in [-0.3, -0.25) is 4.68 Å². The van der Waals surface area contributed by atoms with Gasteiger partial charge < -0.3 is 16.0 Å². The van der Waals surface area contributed by atoms with E-state index in [0.29, 0.717) is 6.54 Å². The molecule has 0 bridgehead atoms. The first-order chi connectivity index (χ1) is 9.67. The van der Waals surface area contributed by atoms with Crippen molar-refractivity contribution in [2.75, 3.05) is 0 Å². The summed E-state index contributed by atoms with van der Waals surface area (Å²) in [6.07, 6.45) is 3.58. The fraction of sp³-hybridized carbons (Fsp3) is 0.733. The number of piperidine rings is 1. The first kappa shape index (κ1) is 15.8. The summed E-state index contributed by atoms with van der Waals surface area (Å²) in [5.41, 5.74) is 1.04. The summed E-state index contributed by atoms with van der Waals surface area (Å²) in [4.78, 5) is 12.1. The molecule has 6 nitrogen and oxygen atoms in total. The van der Waals surface area contributed by atoms with E-state index in [0.717, 1.165) is 18.5 Å². The van der Waals surface area contributed by atoms with E-state index in [4.69, 9.17) is 0 Å². The normalized spacial score (nSPS) is 21.0. The van der Waals surface area contributed by atoms with Crippen molar-refractivity contribution in [2.24, 2.45) is 7.05 Å². The number of urea groups is 1. The summed E-state index contributed by atoms with van der Waals surface area (Å²) in [7, 11) is 1.87. The Balaban J connectivity index is 1.86. The molecular weight excluding hydrogens is 266 g/mol. The van der Waals surface area contributed by atoms with E-state index in [1.807, 2.05) is 13.1 Å². The van der Waals surface area contributed by atoms with E-state index in [-0.39, 0.29) is 23.2 Å². The smallest absolute Gasteiger partial charge is 0.315 e. The predicted molar refractivity (Wildman–Crippen MR) is 82.9 cm³/mol. The zero-order chi connectivity index (χ0) is 15.7. The van der Waals surface area contributed by atoms with E-state index >= 15 is 0 Å². The van der Waals surface area contributed by atoms with Crippen LogP contribution in [-0.2, 0) is 13.6 Å². The lowest BCUT2D eigenvalue weighted by atomic mass is 9.80. The summed E-state index contributed by atoms with van der Waals surface area (Å²) in [5, 5.41) is 13.7. The Morgan fingerprint density at radius 2 is 2.00 bits per heavy atom. The molecule has 21 heavy (non-hydrogen) atoms. The number of hydrogen-bond donors (Lipinski definition) is 3. The third-order valence-corrected chi connectivity index (χ3v) is 3.88. The quantitative estimate of drug-likeness (QED) is 0.791. The fourth-order valence-corrected chi connectivity index (χ4v) is 3.41. The van der Waals surface area contributed by atoms with Crippen LogP contribution in [0, 0.1) is 0 Å². The van der Waals surface area contributed by atoms with Crippen molar-refractivity contribution in [3.05, 3.63) is 18.0 Å². The molecule has 2 rings (SSSR count). The van der Waals surface area contributed by atoms with Gasteiger partial charge in [0.25, 0.3) is 0 Å². The van der Waals surface area contributed by atoms with Crippen LogP contribution in [0.3, 0.4) is 0 Å². The first-order valence-corrected chi connectivity index (χ1v) is 7.47. The Bertz CT molecular complexity index is 490. The number of amides is 2. The number of hydrogen-bond acceptors (Lipinski definition) is 3. The van der Waals surface area contributed by atoms with E-state index in [1.54, 1.807) is 10.9 Å². The second kappa shape index (κ2) is 5.67. The molecule has 0 aliphatic carbocycles. The molecule has 0 radical (unpaired) electrons. The van der Waals surface area contributed by atoms with Crippen molar-refractivity contribution in [1.29, 1.82) is 0 Å². The second-order valence-corrected chi connectivity index (χ2v) is 7.27. The van der Waals surface area contributed by atoms with E-state index in [2.05, 4.69) is 48.7 Å². The van der Waals surface area contributed by atoms with Gasteiger partial charge in [-0.2, -0.15) is 5.10 Å². The van der Waals surface area contributed by atoms with Gasteiger partial charge in [-0.1, -0.05) is 0 Å². The van der Waals surface area contributed by atoms with Crippen molar-refractivity contribution in [3.63, 3.8) is 0 Å². The Labute approximate surface area is 126 Å². The summed E-state index contributed by atoms with van der Waals surface area (Å²) in [6.45, 7) is 9.19. The molecule has 1 fully saturated rings. The van der Waals surface area contributed by atoms with Gasteiger partial charge in [-0.05, 0) is 46.6 Å². The zero-order valence-corrected chi connectivity index (χ0v) is 13.7. The monoisotopic (exact) mass is 293 g/mol. The van der Waals surface area contributed by atoms with E-state index in [9.17, 15) is 4.79 Å². The van der Waals surface area contributed by atoms with Crippen LogP contribution in [0.25, 0.3) is 0 Å². The van der Waals surface area contributed by atoms with Crippen LogP contribution in [-0.4, -0.2) is 32.9 Å². The second-order valence-electron chi connectivity index (χ2n) is 7.27. The van der Waals surface area contributed by atoms with E-state index < -0.39 is 0 Å². The molecule has 0 aromatic carbocycles. The molecule has 1 saturated heterocycles. The summed E-state index contributed by atoms with van der Waals surface area (Å²) in [6, 6.07) is 1.97. The molecule has 0 unspecified atom stereocenters. The number of nitrogens with zero attached hydrogens (tertiary/aromatic N) is 2. The first-order valence-electron chi connectivity index (χ1n) is 7.47. The average molecular weight is 293 g/mol. The minimum Gasteiger partial charge on any atom is -0.335 e. The third kappa shape index (κ3) is 4.46. The van der Waals surface area contributed by atoms with Gasteiger partial charge in [0.15, 0.2) is 0 Å². The van der Waals surface area contributed by atoms with Crippen molar-refractivity contribution in [1.82, 2.24) is 25.7 Å². The number of carbonyl (C=O) groups excluding carboxylic acids is 1. The number of rotatable bonds is 3. The van der Waals surface area contributed by atoms with Gasteiger partial charge in [-0.25, -0.2) is 4.79 Å². The Morgan fingerprint density at radius 3 is 2.52 bits per heavy atom. The molecule has 0 spiro atoms. The van der Waals surface area contributed by atoms with Gasteiger partial charge >= 0.3 is 6.03 Å². The zero-order valence-electron chi connectivity index (χ0n) is 13.7. The Kier molecular flexibility index (Phi) is 4.27. The Hall–Kier alpha value is -1.56. The minimum absolute atomic E-state index is 0.0295. The molecule has 6 heteroatoms. The van der Waals surface area contributed by atoms with Gasteiger partial charge in [0, 0.05) is 30.4 Å². The van der Waals surface area contributed by atoms with Crippen molar-refractivity contribution >= 4 is 6.03 Å². The Morgan fingerprint density at radius 1 is 1.38 bits per heavy atom. The van der Waals surface area contributed by atoms with Gasteiger partial charge in [0.2, 0.25) is 0 Å². The molecule has 118 valence electrons. The summed E-state index contributed by atoms with van der Waals surface area (Å²) in [5.74, 6) is 0. The molecule has 0 saturated carbocycles. The van der Waals surface area contributed by atoms with Crippen LogP contribution in [0.1, 0.15) is 46.2 Å². The van der Waals surface area contributed by atoms with Crippen LogP contribution in [0.15, 0.2) is 12.3 Å². The molecule has 1 aliphatic heterocycles. The van der Waals surface area contributed by atoms with Crippen LogP contribution >= 0.6 is 0 Å². The maximum atomic E-state index is 12.1. The van der Waals surface area contributed by atoms with Crippen LogP contribution < -0.4 is 16.0 Å². The standard InChI is InChI=1S/C15H27N5O/c1-14(2)8-11(9-15(3,4)19-14)18-13(21)16-10-12-6-7-17-20(12)5/h6-7,11,19H,8-10H2,1-5H3,(H2,16,18,21). The highest BCUT2D eigenvalue weighted by atomic mass is 16.2. The lowest BCUT2D eigenvalue weighted by Crippen LogP contribution is -2.62. The van der Waals surface area contributed by atoms with Gasteiger partial charge in [0.05, 0.1) is 12.2 Å². The van der Waals surface area contributed by atoms with Gasteiger partial charge in [0.1, 0.15) is 0 Å². The lowest BCUT2D eigenvalue weighted by Gasteiger charge is -2.46. The topological polar surface area (TPSA) is 71.0 Å². The van der Waals surface area contributed by atoms with Crippen molar-refractivity contribution in [3.8, 4) is 0 Å². The molecule has 2 amide bonds. The molecule has 3 N–H and O–H groups in total. The number of aromatic nitrogens is 2. The van der Waals surface area contributed by atoms with Crippen LogP contribution in [0.4, 0.5) is 4.79 Å². The number of carbonyl (C=O) groups is 1. The molecule has 0 atom stereocenters. The highest BCUT2D eigenvalue weighted by molar-refractivity contribution is 5.74. The predicted octanol–water partition coefficient (Wildman–Crippen LogP) is 1.53. The fourth-order valence-electron chi connectivity index (χ4n) is 3.41. The SMILES string of the molecule is Cn1nccc1CNC(=O)NC1CC(C)(C)NC(C)(C)C1. The molecule has 1 aromatic rings. The van der Waals surface area contributed by atoms with Crippen molar-refractivity contribution in [2.45, 2.75) is 64.2 Å². The largest absolute Gasteiger partial charge is 0.335 e. The molecule has 1 aliphatic rings. The summed E-state index contributed by atoms with van der Waals surface area (Å²) >= 11 is 0. The van der Waals surface area contributed by atoms with Gasteiger partial charge in [-0.15, -0.1) is 0 Å². The summed E-state index contributed by atoms with van der Waals surface area (Å²) < 4.78 is 1.76. The van der Waals surface area contributed by atoms with Crippen LogP contribution in [0.5, 0.6) is 0 Å². The highest BCUT2D eigenvalue weighted by Crippen LogP contribution is 2.28. The molecule has 2 heterocycles. The lowest BCUT2D eigenvalue weighted by molar-refractivity contribution is 0.147. The van der Waals surface area contributed by atoms with Crippen molar-refractivity contribution < 1.29 is 4.79 Å². The average Bonchev–Trinajstić information content (AvgIpc) is 2.67. The van der Waals surface area contributed by atoms with E-state index in [1.165, 1.54) is 0 Å². The highest BCUT2D eigenvalue weighted by Gasteiger charge is 2.38. The molecular formula is C15H27N5O. The number of nitrogens with one attached hydrogen (secondary N) is 3. The number of aryl methyl sites for hydroxylation is 1. The van der Waals surface area contributed by atoms with Crippen LogP contribution in [0.2, 0.25) is 0 Å². The minimum atomic E-state index is -0.116. The molecule has 1 aromatic heterocycles.